The molecule has 0 aliphatic heterocycles. The fraction of sp³-hybridized carbons (Fsp3) is 0.600. The lowest BCUT2D eigenvalue weighted by Gasteiger charge is -2.22. The normalized spacial score (nSPS) is 13.7. The number of benzene rings is 1. The predicted molar refractivity (Wildman–Crippen MR) is 92.7 cm³/mol. The first-order chi connectivity index (χ1) is 10.1. The van der Waals surface area contributed by atoms with Crippen LogP contribution in [0.25, 0.3) is 0 Å². The summed E-state index contributed by atoms with van der Waals surface area (Å²) < 4.78 is 32.8. The van der Waals surface area contributed by atoms with E-state index in [2.05, 4.69) is 15.9 Å². The highest BCUT2D eigenvalue weighted by molar-refractivity contribution is 9.10. The fourth-order valence-corrected chi connectivity index (χ4v) is 3.79. The third kappa shape index (κ3) is 4.44. The summed E-state index contributed by atoms with van der Waals surface area (Å²) in [5, 5.41) is 0. The monoisotopic (exact) mass is 392 g/mol. The Morgan fingerprint density at radius 3 is 2.45 bits per heavy atom. The quantitative estimate of drug-likeness (QED) is 0.773. The number of nitrogens with zero attached hydrogens (tertiary/aromatic N) is 1. The number of methoxy groups -OCH3 is 1. The van der Waals surface area contributed by atoms with Crippen LogP contribution in [0.1, 0.15) is 25.8 Å². The molecule has 0 spiro atoms. The van der Waals surface area contributed by atoms with Crippen molar-refractivity contribution in [2.45, 2.75) is 38.1 Å². The molecule has 7 heteroatoms. The second-order valence-corrected chi connectivity index (χ2v) is 8.64. The molecule has 1 aromatic rings. The summed E-state index contributed by atoms with van der Waals surface area (Å²) in [7, 11) is -0.586. The number of halogens is 1. The smallest absolute Gasteiger partial charge is 0.246 e. The van der Waals surface area contributed by atoms with Crippen molar-refractivity contribution in [3.63, 3.8) is 0 Å². The van der Waals surface area contributed by atoms with Crippen LogP contribution < -0.4 is 10.5 Å². The first kappa shape index (κ1) is 19.4. The summed E-state index contributed by atoms with van der Waals surface area (Å²) in [5.74, 6) is 0.667. The van der Waals surface area contributed by atoms with Crippen molar-refractivity contribution >= 4 is 26.0 Å². The predicted octanol–water partition coefficient (Wildman–Crippen LogP) is 2.76. The van der Waals surface area contributed by atoms with Gasteiger partial charge in [-0.3, -0.25) is 0 Å². The Kier molecular flexibility index (Phi) is 6.85. The summed E-state index contributed by atoms with van der Waals surface area (Å²) in [6, 6.07) is 3.27. The Bertz CT molecular complexity index is 617. The van der Waals surface area contributed by atoms with Gasteiger partial charge in [-0.05, 0) is 37.0 Å². The molecular formula is C15H25BrN2O3S. The molecule has 2 N–H and O–H groups in total. The van der Waals surface area contributed by atoms with Gasteiger partial charge >= 0.3 is 0 Å². The van der Waals surface area contributed by atoms with E-state index in [-0.39, 0.29) is 10.9 Å². The second-order valence-electron chi connectivity index (χ2n) is 5.78. The molecule has 0 saturated carbocycles. The minimum Gasteiger partial charge on any atom is -0.495 e. The Morgan fingerprint density at radius 2 is 1.95 bits per heavy atom. The summed E-state index contributed by atoms with van der Waals surface area (Å²) >= 11 is 3.37. The van der Waals surface area contributed by atoms with Gasteiger partial charge in [-0.2, -0.15) is 0 Å². The molecule has 0 aliphatic carbocycles. The van der Waals surface area contributed by atoms with E-state index in [1.165, 1.54) is 11.4 Å². The maximum atomic E-state index is 12.7. The van der Waals surface area contributed by atoms with Crippen molar-refractivity contribution in [1.29, 1.82) is 0 Å². The molecular weight excluding hydrogens is 368 g/mol. The van der Waals surface area contributed by atoms with Crippen molar-refractivity contribution < 1.29 is 13.2 Å². The summed E-state index contributed by atoms with van der Waals surface area (Å²) in [5.41, 5.74) is 6.91. The molecule has 1 aromatic carbocycles. The molecule has 1 rings (SSSR count). The summed E-state index contributed by atoms with van der Waals surface area (Å²) in [6.07, 6.45) is 0.614. The average Bonchev–Trinajstić information content (AvgIpc) is 2.46. The molecule has 0 bridgehead atoms. The van der Waals surface area contributed by atoms with E-state index in [1.54, 1.807) is 19.2 Å². The lowest BCUT2D eigenvalue weighted by atomic mass is 10.0. The highest BCUT2D eigenvalue weighted by Crippen LogP contribution is 2.32. The molecule has 1 atom stereocenters. The van der Waals surface area contributed by atoms with Crippen LogP contribution in [0, 0.1) is 12.8 Å². The number of sulfonamides is 1. The van der Waals surface area contributed by atoms with Gasteiger partial charge in [0.25, 0.3) is 0 Å². The zero-order valence-electron chi connectivity index (χ0n) is 13.8. The van der Waals surface area contributed by atoms with E-state index in [0.717, 1.165) is 10.0 Å². The number of hydrogen-bond donors (Lipinski definition) is 1. The van der Waals surface area contributed by atoms with Crippen LogP contribution in [0.5, 0.6) is 5.75 Å². The van der Waals surface area contributed by atoms with Crippen LogP contribution in [0.4, 0.5) is 0 Å². The zero-order chi connectivity index (χ0) is 17.1. The van der Waals surface area contributed by atoms with Gasteiger partial charge in [0.1, 0.15) is 10.6 Å². The maximum absolute atomic E-state index is 12.7. The number of aryl methyl sites for hydroxylation is 1. The maximum Gasteiger partial charge on any atom is 0.246 e. The SMILES string of the molecule is COc1cc(C)c(Br)cc1S(=O)(=O)N(C)CCC(N)C(C)C. The van der Waals surface area contributed by atoms with Crippen LogP contribution >= 0.6 is 15.9 Å². The van der Waals surface area contributed by atoms with E-state index < -0.39 is 10.0 Å². The van der Waals surface area contributed by atoms with E-state index in [4.69, 9.17) is 10.5 Å². The minimum absolute atomic E-state index is 0.0238. The van der Waals surface area contributed by atoms with E-state index in [1.807, 2.05) is 20.8 Å². The molecule has 0 amide bonds. The molecule has 22 heavy (non-hydrogen) atoms. The van der Waals surface area contributed by atoms with Gasteiger partial charge in [0.05, 0.1) is 7.11 Å². The number of hydrogen-bond acceptors (Lipinski definition) is 4. The Labute approximate surface area is 142 Å². The van der Waals surface area contributed by atoms with Gasteiger partial charge < -0.3 is 10.5 Å². The van der Waals surface area contributed by atoms with Crippen molar-refractivity contribution in [3.8, 4) is 5.75 Å². The van der Waals surface area contributed by atoms with Crippen LogP contribution in [-0.2, 0) is 10.0 Å². The summed E-state index contributed by atoms with van der Waals surface area (Å²) in [6.45, 7) is 6.31. The molecule has 0 aromatic heterocycles. The largest absolute Gasteiger partial charge is 0.495 e. The zero-order valence-corrected chi connectivity index (χ0v) is 16.2. The third-order valence-corrected chi connectivity index (χ3v) is 6.50. The average molecular weight is 393 g/mol. The topological polar surface area (TPSA) is 72.6 Å². The molecule has 0 radical (unpaired) electrons. The lowest BCUT2D eigenvalue weighted by Crippen LogP contribution is -2.34. The molecule has 0 saturated heterocycles. The van der Waals surface area contributed by atoms with Crippen LogP contribution in [0.15, 0.2) is 21.5 Å². The molecule has 126 valence electrons. The van der Waals surface area contributed by atoms with Crippen molar-refractivity contribution in [1.82, 2.24) is 4.31 Å². The van der Waals surface area contributed by atoms with E-state index in [9.17, 15) is 8.42 Å². The van der Waals surface area contributed by atoms with Crippen LogP contribution in [-0.4, -0.2) is 39.5 Å². The highest BCUT2D eigenvalue weighted by Gasteiger charge is 2.26. The van der Waals surface area contributed by atoms with Crippen LogP contribution in [0.3, 0.4) is 0 Å². The van der Waals surface area contributed by atoms with Gasteiger partial charge in [-0.25, -0.2) is 12.7 Å². The molecule has 0 fully saturated rings. The van der Waals surface area contributed by atoms with Crippen molar-refractivity contribution in [2.75, 3.05) is 20.7 Å². The van der Waals surface area contributed by atoms with Gasteiger partial charge in [0.15, 0.2) is 0 Å². The second kappa shape index (κ2) is 7.77. The third-order valence-electron chi connectivity index (χ3n) is 3.77. The first-order valence-corrected chi connectivity index (χ1v) is 9.40. The van der Waals surface area contributed by atoms with Crippen molar-refractivity contribution in [2.24, 2.45) is 11.7 Å². The standard InChI is InChI=1S/C15H25BrN2O3S/c1-10(2)13(17)6-7-18(4)22(19,20)15-9-12(16)11(3)8-14(15)21-5/h8-10,13H,6-7,17H2,1-5H3. The van der Waals surface area contributed by atoms with Gasteiger partial charge in [-0.15, -0.1) is 0 Å². The fourth-order valence-electron chi connectivity index (χ4n) is 1.95. The van der Waals surface area contributed by atoms with E-state index >= 15 is 0 Å². The summed E-state index contributed by atoms with van der Waals surface area (Å²) in [4.78, 5) is 0.160. The van der Waals surface area contributed by atoms with Crippen molar-refractivity contribution in [3.05, 3.63) is 22.2 Å². The number of nitrogens with two attached hydrogens (primary N) is 1. The van der Waals surface area contributed by atoms with Gasteiger partial charge in [0, 0.05) is 24.1 Å². The number of ether oxygens (including phenoxy) is 1. The molecule has 0 aliphatic rings. The molecule has 5 nitrogen and oxygen atoms in total. The number of rotatable bonds is 7. The Hall–Kier alpha value is -0.630. The Balaban J connectivity index is 3.06. The minimum atomic E-state index is -3.62. The van der Waals surface area contributed by atoms with Crippen LogP contribution in [0.2, 0.25) is 0 Å². The van der Waals surface area contributed by atoms with Gasteiger partial charge in [-0.1, -0.05) is 29.8 Å². The first-order valence-electron chi connectivity index (χ1n) is 7.17. The molecule has 1 unspecified atom stereocenters. The highest BCUT2D eigenvalue weighted by atomic mass is 79.9. The Morgan fingerprint density at radius 1 is 1.36 bits per heavy atom. The van der Waals surface area contributed by atoms with E-state index in [0.29, 0.717) is 24.6 Å². The van der Waals surface area contributed by atoms with Gasteiger partial charge in [0.2, 0.25) is 10.0 Å². The molecule has 0 heterocycles. The lowest BCUT2D eigenvalue weighted by molar-refractivity contribution is 0.386.